The van der Waals surface area contributed by atoms with E-state index in [1.807, 2.05) is 6.92 Å². The van der Waals surface area contributed by atoms with Gasteiger partial charge >= 0.3 is 0 Å². The first-order chi connectivity index (χ1) is 10.5. The molecule has 0 bridgehead atoms. The molecule has 1 aromatic carbocycles. The van der Waals surface area contributed by atoms with Gasteiger partial charge in [0.15, 0.2) is 0 Å². The molecule has 23 heavy (non-hydrogen) atoms. The second-order valence-corrected chi connectivity index (χ2v) is 8.66. The van der Waals surface area contributed by atoms with Crippen LogP contribution in [-0.4, -0.2) is 49.6 Å². The van der Waals surface area contributed by atoms with Gasteiger partial charge in [-0.25, -0.2) is 12.7 Å². The van der Waals surface area contributed by atoms with Gasteiger partial charge in [0, 0.05) is 32.2 Å². The quantitative estimate of drug-likeness (QED) is 0.831. The van der Waals surface area contributed by atoms with Crippen LogP contribution in [0.3, 0.4) is 0 Å². The number of hydrogen-bond donors (Lipinski definition) is 0. The Bertz CT molecular complexity index is 635. The van der Waals surface area contributed by atoms with E-state index in [1.165, 1.54) is 11.1 Å². The molecule has 0 aromatic heterocycles. The lowest BCUT2D eigenvalue weighted by atomic mass is 9.85. The smallest absolute Gasteiger partial charge is 0.214 e. The van der Waals surface area contributed by atoms with Crippen molar-refractivity contribution in [2.75, 3.05) is 25.9 Å². The molecule has 0 unspecified atom stereocenters. The van der Waals surface area contributed by atoms with Crippen LogP contribution in [0.4, 0.5) is 0 Å². The normalized spacial score (nSPS) is 24.7. The molecule has 0 aliphatic carbocycles. The third kappa shape index (κ3) is 3.73. The topological polar surface area (TPSA) is 40.6 Å². The van der Waals surface area contributed by atoms with Crippen molar-refractivity contribution < 1.29 is 8.42 Å². The first-order valence-corrected chi connectivity index (χ1v) is 9.91. The van der Waals surface area contributed by atoms with E-state index in [2.05, 4.69) is 29.2 Å². The van der Waals surface area contributed by atoms with Crippen molar-refractivity contribution >= 4 is 22.4 Å². The molecule has 0 N–H and O–H groups in total. The number of fused-ring (bicyclic) bond motifs is 3. The van der Waals surface area contributed by atoms with Crippen LogP contribution in [0.25, 0.3) is 0 Å². The van der Waals surface area contributed by atoms with E-state index in [0.717, 1.165) is 32.4 Å². The average molecular weight is 359 g/mol. The number of piperidine rings is 1. The summed E-state index contributed by atoms with van der Waals surface area (Å²) in [6.45, 7) is 4.01. The van der Waals surface area contributed by atoms with Crippen LogP contribution >= 0.6 is 12.4 Å². The Morgan fingerprint density at radius 3 is 2.74 bits per heavy atom. The van der Waals surface area contributed by atoms with E-state index in [1.54, 1.807) is 11.4 Å². The van der Waals surface area contributed by atoms with E-state index in [4.69, 9.17) is 0 Å². The third-order valence-electron chi connectivity index (χ3n) is 5.18. The van der Waals surface area contributed by atoms with Gasteiger partial charge in [-0.3, -0.25) is 4.90 Å². The summed E-state index contributed by atoms with van der Waals surface area (Å²) < 4.78 is 26.3. The molecular weight excluding hydrogens is 332 g/mol. The van der Waals surface area contributed by atoms with Gasteiger partial charge in [-0.05, 0) is 36.8 Å². The van der Waals surface area contributed by atoms with Gasteiger partial charge < -0.3 is 0 Å². The maximum absolute atomic E-state index is 12.3. The highest BCUT2D eigenvalue weighted by Crippen LogP contribution is 2.38. The third-order valence-corrected chi connectivity index (χ3v) is 7.28. The van der Waals surface area contributed by atoms with Crippen LogP contribution < -0.4 is 0 Å². The second-order valence-electron chi connectivity index (χ2n) is 6.51. The van der Waals surface area contributed by atoms with Gasteiger partial charge in [0.05, 0.1) is 5.75 Å². The molecule has 1 fully saturated rings. The fourth-order valence-electron chi connectivity index (χ4n) is 3.90. The number of sulfonamides is 1. The summed E-state index contributed by atoms with van der Waals surface area (Å²) in [7, 11) is -1.35. The molecule has 3 rings (SSSR count). The monoisotopic (exact) mass is 358 g/mol. The molecular formula is C17H27ClN2O2S. The van der Waals surface area contributed by atoms with Gasteiger partial charge in [0.2, 0.25) is 10.0 Å². The summed E-state index contributed by atoms with van der Waals surface area (Å²) in [6, 6.07) is 9.14. The van der Waals surface area contributed by atoms with E-state index in [9.17, 15) is 8.42 Å². The first kappa shape index (κ1) is 18.7. The molecule has 0 amide bonds. The minimum absolute atomic E-state index is 0. The van der Waals surface area contributed by atoms with Crippen LogP contribution in [0.1, 0.15) is 43.4 Å². The first-order valence-electron chi connectivity index (χ1n) is 8.30. The fourth-order valence-corrected chi connectivity index (χ4v) is 5.35. The van der Waals surface area contributed by atoms with Crippen LogP contribution in [0.15, 0.2) is 24.3 Å². The molecule has 4 nitrogen and oxygen atoms in total. The fraction of sp³-hybridized carbons (Fsp3) is 0.647. The molecule has 2 aliphatic rings. The predicted octanol–water partition coefficient (Wildman–Crippen LogP) is 2.84. The molecule has 0 saturated carbocycles. The predicted molar refractivity (Wildman–Crippen MR) is 96.6 cm³/mol. The van der Waals surface area contributed by atoms with Crippen molar-refractivity contribution in [2.24, 2.45) is 0 Å². The van der Waals surface area contributed by atoms with Crippen molar-refractivity contribution in [3.05, 3.63) is 35.4 Å². The van der Waals surface area contributed by atoms with Gasteiger partial charge in [-0.2, -0.15) is 0 Å². The Morgan fingerprint density at radius 1 is 1.26 bits per heavy atom. The van der Waals surface area contributed by atoms with Gasteiger partial charge in [0.25, 0.3) is 0 Å². The van der Waals surface area contributed by atoms with Crippen LogP contribution in [0.2, 0.25) is 0 Å². The molecule has 0 radical (unpaired) electrons. The lowest BCUT2D eigenvalue weighted by Gasteiger charge is -2.45. The summed E-state index contributed by atoms with van der Waals surface area (Å²) >= 11 is 0. The minimum atomic E-state index is -3.11. The van der Waals surface area contributed by atoms with Crippen LogP contribution in [0.5, 0.6) is 0 Å². The van der Waals surface area contributed by atoms with Crippen molar-refractivity contribution in [3.8, 4) is 0 Å². The highest BCUT2D eigenvalue weighted by atomic mass is 35.5. The summed E-state index contributed by atoms with van der Waals surface area (Å²) in [6.07, 6.45) is 3.65. The summed E-state index contributed by atoms with van der Waals surface area (Å²) in [5.41, 5.74) is 2.84. The largest absolute Gasteiger partial charge is 0.296 e. The summed E-state index contributed by atoms with van der Waals surface area (Å²) in [5.74, 6) is 0.255. The molecule has 1 saturated heterocycles. The standard InChI is InChI=1S/C17H26N2O2S.ClH/c1-3-12-22(20,21)18(2)15-9-11-19-10-8-14-6-4-5-7-16(14)17(19)13-15;/h4-7,15,17H,3,8-13H2,1-2H3;1H/t15-,17+;/m0./s1. The molecule has 0 spiro atoms. The zero-order chi connectivity index (χ0) is 15.7. The molecule has 6 heteroatoms. The Morgan fingerprint density at radius 2 is 2.00 bits per heavy atom. The molecule has 2 aliphatic heterocycles. The highest BCUT2D eigenvalue weighted by Gasteiger charge is 2.37. The van der Waals surface area contributed by atoms with Crippen LogP contribution in [0, 0.1) is 0 Å². The van der Waals surface area contributed by atoms with E-state index in [0.29, 0.717) is 12.5 Å². The molecule has 2 atom stereocenters. The summed E-state index contributed by atoms with van der Waals surface area (Å²) in [4.78, 5) is 2.53. The number of benzene rings is 1. The van der Waals surface area contributed by atoms with E-state index >= 15 is 0 Å². The average Bonchev–Trinajstić information content (AvgIpc) is 2.53. The van der Waals surface area contributed by atoms with Gasteiger partial charge in [-0.1, -0.05) is 31.2 Å². The molecule has 2 heterocycles. The molecule has 130 valence electrons. The zero-order valence-electron chi connectivity index (χ0n) is 13.9. The van der Waals surface area contributed by atoms with E-state index in [-0.39, 0.29) is 24.2 Å². The number of halogens is 1. The zero-order valence-corrected chi connectivity index (χ0v) is 15.6. The van der Waals surface area contributed by atoms with Gasteiger partial charge in [-0.15, -0.1) is 12.4 Å². The Hall–Kier alpha value is -0.620. The lowest BCUT2D eigenvalue weighted by molar-refractivity contribution is 0.0969. The number of nitrogens with zero attached hydrogens (tertiary/aromatic N) is 2. The van der Waals surface area contributed by atoms with Crippen molar-refractivity contribution in [3.63, 3.8) is 0 Å². The second kappa shape index (κ2) is 7.51. The van der Waals surface area contributed by atoms with Crippen molar-refractivity contribution in [1.29, 1.82) is 0 Å². The maximum Gasteiger partial charge on any atom is 0.214 e. The number of rotatable bonds is 4. The Labute approximate surface area is 146 Å². The maximum atomic E-state index is 12.3. The Balaban J connectivity index is 0.00000192. The Kier molecular flexibility index (Phi) is 6.11. The van der Waals surface area contributed by atoms with Crippen LogP contribution in [-0.2, 0) is 16.4 Å². The molecule has 1 aromatic rings. The van der Waals surface area contributed by atoms with Crippen molar-refractivity contribution in [1.82, 2.24) is 9.21 Å². The van der Waals surface area contributed by atoms with Gasteiger partial charge in [0.1, 0.15) is 0 Å². The number of hydrogen-bond acceptors (Lipinski definition) is 3. The SMILES string of the molecule is CCCS(=O)(=O)N(C)[C@H]1CCN2CCc3ccccc3[C@H]2C1.Cl. The minimum Gasteiger partial charge on any atom is -0.296 e. The van der Waals surface area contributed by atoms with E-state index < -0.39 is 10.0 Å². The summed E-state index contributed by atoms with van der Waals surface area (Å²) in [5, 5.41) is 0. The van der Waals surface area contributed by atoms with Crippen molar-refractivity contribution in [2.45, 2.75) is 44.7 Å². The lowest BCUT2D eigenvalue weighted by Crippen LogP contribution is -2.49. The highest BCUT2D eigenvalue weighted by molar-refractivity contribution is 7.89.